The number of esters is 1. The molecule has 1 aromatic heterocycles. The zero-order valence-electron chi connectivity index (χ0n) is 19.6. The van der Waals surface area contributed by atoms with Gasteiger partial charge in [-0.3, -0.25) is 24.8 Å². The van der Waals surface area contributed by atoms with Crippen LogP contribution in [0.15, 0.2) is 47.3 Å². The summed E-state index contributed by atoms with van der Waals surface area (Å²) >= 11 is 0. The Labute approximate surface area is 203 Å². The van der Waals surface area contributed by atoms with E-state index in [1.54, 1.807) is 29.2 Å². The quantitative estimate of drug-likeness (QED) is 0.329. The first-order valence-corrected chi connectivity index (χ1v) is 11.4. The lowest BCUT2D eigenvalue weighted by Crippen LogP contribution is -2.49. The van der Waals surface area contributed by atoms with Crippen molar-refractivity contribution in [2.24, 2.45) is 0 Å². The largest absolute Gasteiger partial charge is 0.472 e. The number of nitrogens with one attached hydrogen (secondary N) is 2. The minimum Gasteiger partial charge on any atom is -0.472 e. The third-order valence-electron chi connectivity index (χ3n) is 6.15. The molecule has 2 aliphatic rings. The van der Waals surface area contributed by atoms with E-state index in [1.807, 2.05) is 0 Å². The molecule has 2 fully saturated rings. The van der Waals surface area contributed by atoms with E-state index in [0.717, 1.165) is 26.2 Å². The van der Waals surface area contributed by atoms with Crippen molar-refractivity contribution in [2.75, 3.05) is 57.8 Å². The van der Waals surface area contributed by atoms with Crippen molar-refractivity contribution in [1.29, 1.82) is 5.41 Å². The van der Waals surface area contributed by atoms with Gasteiger partial charge in [0.15, 0.2) is 0 Å². The molecule has 0 aliphatic carbocycles. The number of furan rings is 1. The lowest BCUT2D eigenvalue weighted by atomic mass is 10.1. The van der Waals surface area contributed by atoms with Crippen LogP contribution >= 0.6 is 0 Å². The average molecular weight is 484 g/mol. The van der Waals surface area contributed by atoms with Crippen molar-refractivity contribution in [1.82, 2.24) is 15.1 Å². The van der Waals surface area contributed by atoms with Crippen LogP contribution in [-0.2, 0) is 14.3 Å². The van der Waals surface area contributed by atoms with Gasteiger partial charge < -0.3 is 24.1 Å². The van der Waals surface area contributed by atoms with Crippen LogP contribution in [0.1, 0.15) is 22.3 Å². The molecular formula is C24H29N5O6. The van der Waals surface area contributed by atoms with Crippen molar-refractivity contribution in [3.05, 3.63) is 54.0 Å². The summed E-state index contributed by atoms with van der Waals surface area (Å²) in [7, 11) is 1.40. The van der Waals surface area contributed by atoms with Crippen LogP contribution in [0, 0.1) is 5.41 Å². The smallest absolute Gasteiger partial charge is 0.414 e. The van der Waals surface area contributed by atoms with E-state index in [2.05, 4.69) is 15.1 Å². The van der Waals surface area contributed by atoms with Gasteiger partial charge in [-0.25, -0.2) is 4.79 Å². The Kier molecular flexibility index (Phi) is 7.78. The van der Waals surface area contributed by atoms with Crippen LogP contribution < -0.4 is 10.2 Å². The number of nitrogens with zero attached hydrogens (tertiary/aromatic N) is 3. The maximum Gasteiger partial charge on any atom is 0.414 e. The van der Waals surface area contributed by atoms with Crippen LogP contribution in [0.3, 0.4) is 0 Å². The SMILES string of the molecule is COC(=O)CCN1CCN(CC2CN(c3ccc(C(=N)NC(=O)c4ccoc4)cc3)C(=O)O2)CC1. The van der Waals surface area contributed by atoms with Gasteiger partial charge in [0.25, 0.3) is 5.91 Å². The summed E-state index contributed by atoms with van der Waals surface area (Å²) in [6.45, 7) is 5.17. The van der Waals surface area contributed by atoms with Gasteiger partial charge >= 0.3 is 12.1 Å². The highest BCUT2D eigenvalue weighted by atomic mass is 16.6. The first kappa shape index (κ1) is 24.4. The molecule has 1 unspecified atom stereocenters. The summed E-state index contributed by atoms with van der Waals surface area (Å²) in [4.78, 5) is 42.0. The Morgan fingerprint density at radius 1 is 1.09 bits per heavy atom. The maximum absolute atomic E-state index is 12.5. The molecule has 0 spiro atoms. The minimum atomic E-state index is -0.428. The van der Waals surface area contributed by atoms with Crippen molar-refractivity contribution < 1.29 is 28.3 Å². The number of piperazine rings is 1. The number of ether oxygens (including phenoxy) is 2. The molecule has 11 nitrogen and oxygen atoms in total. The maximum atomic E-state index is 12.5. The molecule has 3 heterocycles. The zero-order valence-corrected chi connectivity index (χ0v) is 19.6. The second-order valence-corrected chi connectivity index (χ2v) is 8.47. The van der Waals surface area contributed by atoms with E-state index < -0.39 is 12.0 Å². The summed E-state index contributed by atoms with van der Waals surface area (Å²) in [6.07, 6.45) is 2.45. The van der Waals surface area contributed by atoms with Gasteiger partial charge in [-0.05, 0) is 30.3 Å². The van der Waals surface area contributed by atoms with Gasteiger partial charge in [0.05, 0.1) is 31.9 Å². The van der Waals surface area contributed by atoms with E-state index in [4.69, 9.17) is 19.3 Å². The van der Waals surface area contributed by atoms with E-state index in [9.17, 15) is 14.4 Å². The molecule has 1 aromatic carbocycles. The molecule has 2 N–H and O–H groups in total. The first-order valence-electron chi connectivity index (χ1n) is 11.4. The molecule has 0 bridgehead atoms. The Hall–Kier alpha value is -3.70. The van der Waals surface area contributed by atoms with Crippen LogP contribution in [0.4, 0.5) is 10.5 Å². The lowest BCUT2D eigenvalue weighted by Gasteiger charge is -2.35. The Balaban J connectivity index is 1.25. The number of methoxy groups -OCH3 is 1. The van der Waals surface area contributed by atoms with Crippen LogP contribution in [0.5, 0.6) is 0 Å². The second-order valence-electron chi connectivity index (χ2n) is 8.47. The Bertz CT molecular complexity index is 1050. The molecule has 1 atom stereocenters. The minimum absolute atomic E-state index is 0.0460. The van der Waals surface area contributed by atoms with Crippen LogP contribution in [0.25, 0.3) is 0 Å². The third-order valence-corrected chi connectivity index (χ3v) is 6.15. The number of carbonyl (C=O) groups excluding carboxylic acids is 3. The molecule has 2 saturated heterocycles. The highest BCUT2D eigenvalue weighted by Crippen LogP contribution is 2.23. The summed E-state index contributed by atoms with van der Waals surface area (Å²) < 4.78 is 15.2. The Morgan fingerprint density at radius 2 is 1.80 bits per heavy atom. The number of rotatable bonds is 8. The van der Waals surface area contributed by atoms with Gasteiger partial charge in [0, 0.05) is 50.5 Å². The lowest BCUT2D eigenvalue weighted by molar-refractivity contribution is -0.141. The fraction of sp³-hybridized carbons (Fsp3) is 0.417. The number of amides is 2. The van der Waals surface area contributed by atoms with Crippen LogP contribution in [-0.4, -0.2) is 92.6 Å². The molecule has 2 aliphatic heterocycles. The van der Waals surface area contributed by atoms with Crippen molar-refractivity contribution in [3.8, 4) is 0 Å². The van der Waals surface area contributed by atoms with Gasteiger partial charge in [-0.15, -0.1) is 0 Å². The molecule has 11 heteroatoms. The number of cyclic esters (lactones) is 1. The van der Waals surface area contributed by atoms with E-state index in [1.165, 1.54) is 25.7 Å². The van der Waals surface area contributed by atoms with Gasteiger partial charge in [0.2, 0.25) is 0 Å². The van der Waals surface area contributed by atoms with Crippen molar-refractivity contribution >= 4 is 29.5 Å². The molecule has 4 rings (SSSR count). The summed E-state index contributed by atoms with van der Waals surface area (Å²) in [5, 5.41) is 10.6. The molecule has 0 radical (unpaired) electrons. The predicted octanol–water partition coefficient (Wildman–Crippen LogP) is 1.54. The topological polar surface area (TPSA) is 128 Å². The summed E-state index contributed by atoms with van der Waals surface area (Å²) in [5.74, 6) is -0.673. The molecule has 2 aromatic rings. The van der Waals surface area contributed by atoms with E-state index >= 15 is 0 Å². The number of anilines is 1. The highest BCUT2D eigenvalue weighted by Gasteiger charge is 2.34. The fourth-order valence-electron chi connectivity index (χ4n) is 4.12. The number of hydrogen-bond acceptors (Lipinski definition) is 9. The summed E-state index contributed by atoms with van der Waals surface area (Å²) in [6, 6.07) is 8.35. The standard InChI is InChI=1S/C24H29N5O6/c1-33-21(30)6-8-27-9-11-28(12-10-27)14-20-15-29(24(32)35-20)19-4-2-17(3-5-19)22(25)26-23(31)18-7-13-34-16-18/h2-5,7,13,16,20H,6,8-12,14-15H2,1H3,(H2,25,26,31). The van der Waals surface area contributed by atoms with E-state index in [-0.39, 0.29) is 17.9 Å². The Morgan fingerprint density at radius 3 is 2.46 bits per heavy atom. The molecule has 2 amide bonds. The van der Waals surface area contributed by atoms with Crippen LogP contribution in [0.2, 0.25) is 0 Å². The molecule has 0 saturated carbocycles. The number of amidine groups is 1. The number of carbonyl (C=O) groups is 3. The molecular weight excluding hydrogens is 454 g/mol. The van der Waals surface area contributed by atoms with E-state index in [0.29, 0.717) is 42.9 Å². The third kappa shape index (κ3) is 6.25. The molecule has 35 heavy (non-hydrogen) atoms. The number of hydrogen-bond donors (Lipinski definition) is 2. The zero-order chi connectivity index (χ0) is 24.8. The predicted molar refractivity (Wildman–Crippen MR) is 127 cm³/mol. The second kappa shape index (κ2) is 11.2. The normalized spacial score (nSPS) is 18.8. The molecule has 186 valence electrons. The van der Waals surface area contributed by atoms with Gasteiger partial charge in [-0.2, -0.15) is 0 Å². The summed E-state index contributed by atoms with van der Waals surface area (Å²) in [5.41, 5.74) is 1.52. The van der Waals surface area contributed by atoms with Crippen molar-refractivity contribution in [3.63, 3.8) is 0 Å². The van der Waals surface area contributed by atoms with Gasteiger partial charge in [0.1, 0.15) is 18.2 Å². The van der Waals surface area contributed by atoms with Gasteiger partial charge in [-0.1, -0.05) is 0 Å². The average Bonchev–Trinajstić information content (AvgIpc) is 3.53. The first-order chi connectivity index (χ1) is 16.9. The van der Waals surface area contributed by atoms with Crippen molar-refractivity contribution in [2.45, 2.75) is 12.5 Å². The highest BCUT2D eigenvalue weighted by molar-refractivity contribution is 6.11. The number of benzene rings is 1. The fourth-order valence-corrected chi connectivity index (χ4v) is 4.12. The monoisotopic (exact) mass is 483 g/mol.